The van der Waals surface area contributed by atoms with Gasteiger partial charge in [0.05, 0.1) is 5.56 Å². The minimum atomic E-state index is -0.996. The molecule has 2 aromatic rings. The summed E-state index contributed by atoms with van der Waals surface area (Å²) in [5.41, 5.74) is 2.97. The van der Waals surface area contributed by atoms with E-state index in [2.05, 4.69) is 17.0 Å². The first kappa shape index (κ1) is 18.7. The topological polar surface area (TPSA) is 60.9 Å². The van der Waals surface area contributed by atoms with Crippen LogP contribution in [0.2, 0.25) is 0 Å². The molecule has 0 aliphatic carbocycles. The van der Waals surface area contributed by atoms with Crippen molar-refractivity contribution in [3.05, 3.63) is 70.8 Å². The summed E-state index contributed by atoms with van der Waals surface area (Å²) < 4.78 is 0. The van der Waals surface area contributed by atoms with Crippen molar-refractivity contribution < 1.29 is 14.7 Å². The lowest BCUT2D eigenvalue weighted by Crippen LogP contribution is -2.30. The molecule has 5 heteroatoms. The molecule has 2 rings (SSSR count). The molecule has 1 N–H and O–H groups in total. The molecule has 0 fully saturated rings. The van der Waals surface area contributed by atoms with E-state index < -0.39 is 5.97 Å². The molecule has 0 bridgehead atoms. The highest BCUT2D eigenvalue weighted by molar-refractivity contribution is 5.95. The van der Waals surface area contributed by atoms with Gasteiger partial charge >= 0.3 is 5.97 Å². The SMILES string of the molecule is CCN(Cc1ccc(CN(C)C)cc1)C(=O)c1ccc(C(=O)O)cc1. The van der Waals surface area contributed by atoms with E-state index in [1.165, 1.54) is 17.7 Å². The average Bonchev–Trinajstić information content (AvgIpc) is 2.60. The first-order chi connectivity index (χ1) is 11.9. The third-order valence-corrected chi connectivity index (χ3v) is 3.94. The normalized spacial score (nSPS) is 10.7. The Kier molecular flexibility index (Phi) is 6.31. The van der Waals surface area contributed by atoms with Gasteiger partial charge in [-0.2, -0.15) is 0 Å². The Morgan fingerprint density at radius 3 is 1.76 bits per heavy atom. The minimum Gasteiger partial charge on any atom is -0.478 e. The van der Waals surface area contributed by atoms with Gasteiger partial charge in [0.2, 0.25) is 0 Å². The van der Waals surface area contributed by atoms with Crippen LogP contribution in [0.1, 0.15) is 38.8 Å². The van der Waals surface area contributed by atoms with E-state index in [0.29, 0.717) is 18.7 Å². The van der Waals surface area contributed by atoms with Crippen LogP contribution in [0.4, 0.5) is 0 Å². The lowest BCUT2D eigenvalue weighted by molar-refractivity contribution is 0.0693. The highest BCUT2D eigenvalue weighted by Crippen LogP contribution is 2.13. The van der Waals surface area contributed by atoms with E-state index in [0.717, 1.165) is 12.1 Å². The van der Waals surface area contributed by atoms with Gasteiger partial charge < -0.3 is 14.9 Å². The quantitative estimate of drug-likeness (QED) is 0.841. The summed E-state index contributed by atoms with van der Waals surface area (Å²) in [7, 11) is 4.06. The van der Waals surface area contributed by atoms with Crippen LogP contribution in [0.3, 0.4) is 0 Å². The van der Waals surface area contributed by atoms with Crippen LogP contribution in [0.5, 0.6) is 0 Å². The number of nitrogens with zero attached hydrogens (tertiary/aromatic N) is 2. The molecule has 0 atom stereocenters. The van der Waals surface area contributed by atoms with E-state index in [1.807, 2.05) is 33.2 Å². The van der Waals surface area contributed by atoms with Crippen LogP contribution >= 0.6 is 0 Å². The molecule has 0 saturated heterocycles. The Morgan fingerprint density at radius 2 is 1.32 bits per heavy atom. The number of benzene rings is 2. The molecule has 0 radical (unpaired) electrons. The second kappa shape index (κ2) is 8.44. The summed E-state index contributed by atoms with van der Waals surface area (Å²) in [4.78, 5) is 27.4. The number of hydrogen-bond donors (Lipinski definition) is 1. The molecule has 2 aromatic carbocycles. The molecule has 25 heavy (non-hydrogen) atoms. The maximum Gasteiger partial charge on any atom is 0.335 e. The van der Waals surface area contributed by atoms with Crippen molar-refractivity contribution in [2.45, 2.75) is 20.0 Å². The van der Waals surface area contributed by atoms with Gasteiger partial charge in [-0.05, 0) is 56.4 Å². The summed E-state index contributed by atoms with van der Waals surface area (Å²) in [6.07, 6.45) is 0. The van der Waals surface area contributed by atoms with Crippen molar-refractivity contribution in [1.82, 2.24) is 9.80 Å². The van der Waals surface area contributed by atoms with Gasteiger partial charge in [0.15, 0.2) is 0 Å². The van der Waals surface area contributed by atoms with E-state index in [1.54, 1.807) is 17.0 Å². The standard InChI is InChI=1S/C20H24N2O3/c1-4-22(14-16-7-5-15(6-8-16)13-21(2)3)19(23)17-9-11-18(12-10-17)20(24)25/h5-12H,4,13-14H2,1-3H3,(H,24,25). The van der Waals surface area contributed by atoms with Crippen molar-refractivity contribution in [1.29, 1.82) is 0 Å². The second-order valence-corrected chi connectivity index (χ2v) is 6.26. The predicted octanol–water partition coefficient (Wildman–Crippen LogP) is 3.11. The Labute approximate surface area is 148 Å². The zero-order valence-electron chi connectivity index (χ0n) is 14.9. The van der Waals surface area contributed by atoms with E-state index in [-0.39, 0.29) is 11.5 Å². The predicted molar refractivity (Wildman–Crippen MR) is 97.6 cm³/mol. The fourth-order valence-electron chi connectivity index (χ4n) is 2.60. The van der Waals surface area contributed by atoms with Crippen LogP contribution < -0.4 is 0 Å². The molecule has 0 saturated carbocycles. The Bertz CT molecular complexity index is 722. The number of hydrogen-bond acceptors (Lipinski definition) is 3. The van der Waals surface area contributed by atoms with Crippen molar-refractivity contribution in [3.8, 4) is 0 Å². The van der Waals surface area contributed by atoms with Crippen LogP contribution in [-0.2, 0) is 13.1 Å². The average molecular weight is 340 g/mol. The lowest BCUT2D eigenvalue weighted by Gasteiger charge is -2.21. The van der Waals surface area contributed by atoms with Gasteiger partial charge in [0.25, 0.3) is 5.91 Å². The maximum atomic E-state index is 12.6. The van der Waals surface area contributed by atoms with Crippen molar-refractivity contribution in [3.63, 3.8) is 0 Å². The summed E-state index contributed by atoms with van der Waals surface area (Å²) >= 11 is 0. The maximum absolute atomic E-state index is 12.6. The lowest BCUT2D eigenvalue weighted by atomic mass is 10.1. The fraction of sp³-hybridized carbons (Fsp3) is 0.300. The molecular weight excluding hydrogens is 316 g/mol. The third-order valence-electron chi connectivity index (χ3n) is 3.94. The third kappa shape index (κ3) is 5.16. The van der Waals surface area contributed by atoms with E-state index >= 15 is 0 Å². The highest BCUT2D eigenvalue weighted by atomic mass is 16.4. The van der Waals surface area contributed by atoms with Crippen LogP contribution in [-0.4, -0.2) is 47.4 Å². The van der Waals surface area contributed by atoms with E-state index in [9.17, 15) is 9.59 Å². The van der Waals surface area contributed by atoms with Gasteiger partial charge in [0.1, 0.15) is 0 Å². The van der Waals surface area contributed by atoms with E-state index in [4.69, 9.17) is 5.11 Å². The fourth-order valence-corrected chi connectivity index (χ4v) is 2.60. The molecule has 0 spiro atoms. The summed E-state index contributed by atoms with van der Waals surface area (Å²) in [5, 5.41) is 8.94. The summed E-state index contributed by atoms with van der Waals surface area (Å²) in [5.74, 6) is -1.10. The number of rotatable bonds is 7. The van der Waals surface area contributed by atoms with Crippen LogP contribution in [0.25, 0.3) is 0 Å². The Hall–Kier alpha value is -2.66. The Balaban J connectivity index is 2.08. The van der Waals surface area contributed by atoms with Crippen LogP contribution in [0, 0.1) is 0 Å². The zero-order chi connectivity index (χ0) is 18.4. The Morgan fingerprint density at radius 1 is 0.840 bits per heavy atom. The van der Waals surface area contributed by atoms with Crippen molar-refractivity contribution in [2.75, 3.05) is 20.6 Å². The zero-order valence-corrected chi connectivity index (χ0v) is 14.9. The molecule has 0 aliphatic heterocycles. The van der Waals surface area contributed by atoms with Crippen molar-refractivity contribution in [2.24, 2.45) is 0 Å². The number of carboxylic acids is 1. The van der Waals surface area contributed by atoms with Gasteiger partial charge in [-0.1, -0.05) is 24.3 Å². The second-order valence-electron chi connectivity index (χ2n) is 6.26. The first-order valence-corrected chi connectivity index (χ1v) is 8.26. The number of amides is 1. The monoisotopic (exact) mass is 340 g/mol. The number of carboxylic acid groups (broad SMARTS) is 1. The molecule has 0 aromatic heterocycles. The smallest absolute Gasteiger partial charge is 0.335 e. The first-order valence-electron chi connectivity index (χ1n) is 8.26. The number of carbonyl (C=O) groups is 2. The van der Waals surface area contributed by atoms with Gasteiger partial charge in [0, 0.05) is 25.2 Å². The largest absolute Gasteiger partial charge is 0.478 e. The number of aromatic carboxylic acids is 1. The van der Waals surface area contributed by atoms with Gasteiger partial charge in [-0.3, -0.25) is 4.79 Å². The van der Waals surface area contributed by atoms with Gasteiger partial charge in [-0.25, -0.2) is 4.79 Å². The van der Waals surface area contributed by atoms with Gasteiger partial charge in [-0.15, -0.1) is 0 Å². The minimum absolute atomic E-state index is 0.100. The highest BCUT2D eigenvalue weighted by Gasteiger charge is 2.15. The molecular formula is C20H24N2O3. The molecule has 5 nitrogen and oxygen atoms in total. The molecule has 132 valence electrons. The molecule has 0 unspecified atom stereocenters. The summed E-state index contributed by atoms with van der Waals surface area (Å²) in [6, 6.07) is 14.3. The molecule has 0 aliphatic rings. The molecule has 0 heterocycles. The molecule has 1 amide bonds. The van der Waals surface area contributed by atoms with Crippen LogP contribution in [0.15, 0.2) is 48.5 Å². The number of carbonyl (C=O) groups excluding carboxylic acids is 1. The van der Waals surface area contributed by atoms with Crippen molar-refractivity contribution >= 4 is 11.9 Å². The summed E-state index contributed by atoms with van der Waals surface area (Å²) in [6.45, 7) is 3.92.